The Balaban J connectivity index is 2.10. The molecule has 148 valence electrons. The molecule has 0 heterocycles. The molecule has 3 rings (SSSR count). The molecule has 1 aliphatic carbocycles. The molecule has 0 unspecified atom stereocenters. The maximum absolute atomic E-state index is 7.26. The maximum atomic E-state index is 7.26. The van der Waals surface area contributed by atoms with Gasteiger partial charge in [-0.15, -0.1) is 12.3 Å². The van der Waals surface area contributed by atoms with Crippen LogP contribution in [0.25, 0.3) is 0 Å². The lowest BCUT2D eigenvalue weighted by atomic mass is 9.86. The summed E-state index contributed by atoms with van der Waals surface area (Å²) in [6.07, 6.45) is 8.61. The minimum atomic E-state index is -2.56. The van der Waals surface area contributed by atoms with Gasteiger partial charge >= 0.3 is 0 Å². The smallest absolute Gasteiger partial charge is 0.261 e. The van der Waals surface area contributed by atoms with Gasteiger partial charge in [-0.3, -0.25) is 0 Å². The van der Waals surface area contributed by atoms with E-state index in [1.165, 1.54) is 10.4 Å². The van der Waals surface area contributed by atoms with Crippen molar-refractivity contribution >= 4 is 18.7 Å². The topological polar surface area (TPSA) is 18.5 Å². The predicted octanol–water partition coefficient (Wildman–Crippen LogP) is 4.38. The molecule has 0 aromatic heterocycles. The molecule has 0 radical (unpaired) electrons. The van der Waals surface area contributed by atoms with Crippen molar-refractivity contribution < 1.29 is 9.16 Å². The number of terminal acetylenes is 1. The predicted molar refractivity (Wildman–Crippen MR) is 119 cm³/mol. The van der Waals surface area contributed by atoms with E-state index in [0.717, 1.165) is 19.3 Å². The van der Waals surface area contributed by atoms with Crippen LogP contribution >= 0.6 is 0 Å². The standard InChI is InChI=1S/C25H32O2Si/c1-6-20-17-18-23(24(19-20)26-5)27-28(25(2,3)4,21-13-9-7-10-14-21)22-15-11-8-12-16-22/h1,7-16,20,23-24H,17-19H2,2-5H3/t20-,23-,24-/m1/s1. The largest absolute Gasteiger partial charge is 0.402 e. The zero-order valence-electron chi connectivity index (χ0n) is 17.5. The number of benzene rings is 2. The minimum Gasteiger partial charge on any atom is -0.402 e. The summed E-state index contributed by atoms with van der Waals surface area (Å²) < 4.78 is 13.1. The van der Waals surface area contributed by atoms with Crippen molar-refractivity contribution in [2.24, 2.45) is 5.92 Å². The summed E-state index contributed by atoms with van der Waals surface area (Å²) >= 11 is 0. The Labute approximate surface area is 171 Å². The van der Waals surface area contributed by atoms with Crippen molar-refractivity contribution in [1.29, 1.82) is 0 Å². The minimum absolute atomic E-state index is 0.0308. The summed E-state index contributed by atoms with van der Waals surface area (Å²) in [4.78, 5) is 0. The van der Waals surface area contributed by atoms with E-state index in [4.69, 9.17) is 15.6 Å². The molecule has 3 heteroatoms. The van der Waals surface area contributed by atoms with Gasteiger partial charge in [0, 0.05) is 13.0 Å². The zero-order chi connectivity index (χ0) is 20.2. The van der Waals surface area contributed by atoms with Crippen LogP contribution in [-0.2, 0) is 9.16 Å². The van der Waals surface area contributed by atoms with Crippen LogP contribution in [0.2, 0.25) is 5.04 Å². The number of ether oxygens (including phenoxy) is 1. The van der Waals surface area contributed by atoms with E-state index in [9.17, 15) is 0 Å². The summed E-state index contributed by atoms with van der Waals surface area (Å²) in [7, 11) is -0.776. The molecule has 0 aliphatic heterocycles. The Bertz CT molecular complexity index is 749. The number of rotatable bonds is 5. The third-order valence-electron chi connectivity index (χ3n) is 6.01. The van der Waals surface area contributed by atoms with Gasteiger partial charge in [0.15, 0.2) is 0 Å². The van der Waals surface area contributed by atoms with Crippen LogP contribution in [0.4, 0.5) is 0 Å². The first kappa shape index (κ1) is 20.9. The van der Waals surface area contributed by atoms with Gasteiger partial charge < -0.3 is 9.16 Å². The molecule has 0 spiro atoms. The first-order chi connectivity index (χ1) is 13.4. The molecule has 1 fully saturated rings. The average Bonchev–Trinajstić information content (AvgIpc) is 2.72. The van der Waals surface area contributed by atoms with E-state index in [0.29, 0.717) is 0 Å². The molecule has 1 aliphatic rings. The highest BCUT2D eigenvalue weighted by Gasteiger charge is 2.52. The molecule has 3 atom stereocenters. The van der Waals surface area contributed by atoms with Crippen molar-refractivity contribution in [2.75, 3.05) is 7.11 Å². The monoisotopic (exact) mass is 392 g/mol. The zero-order valence-corrected chi connectivity index (χ0v) is 18.5. The van der Waals surface area contributed by atoms with Crippen LogP contribution in [-0.4, -0.2) is 27.6 Å². The molecule has 0 bridgehead atoms. The van der Waals surface area contributed by atoms with Gasteiger partial charge in [-0.1, -0.05) is 81.4 Å². The van der Waals surface area contributed by atoms with Gasteiger partial charge in [-0.2, -0.15) is 0 Å². The van der Waals surface area contributed by atoms with Crippen molar-refractivity contribution in [3.63, 3.8) is 0 Å². The van der Waals surface area contributed by atoms with Gasteiger partial charge in [0.2, 0.25) is 0 Å². The Morgan fingerprint density at radius 3 is 1.86 bits per heavy atom. The molecule has 0 N–H and O–H groups in total. The molecule has 2 aromatic rings. The van der Waals surface area contributed by atoms with Crippen molar-refractivity contribution in [3.8, 4) is 12.3 Å². The number of hydrogen-bond acceptors (Lipinski definition) is 2. The molecule has 2 aromatic carbocycles. The second-order valence-corrected chi connectivity index (χ2v) is 13.0. The molecule has 28 heavy (non-hydrogen) atoms. The molecule has 1 saturated carbocycles. The van der Waals surface area contributed by atoms with E-state index < -0.39 is 8.32 Å². The van der Waals surface area contributed by atoms with E-state index >= 15 is 0 Å². The van der Waals surface area contributed by atoms with E-state index in [1.807, 2.05) is 0 Å². The Morgan fingerprint density at radius 1 is 0.893 bits per heavy atom. The molecular weight excluding hydrogens is 360 g/mol. The highest BCUT2D eigenvalue weighted by Crippen LogP contribution is 2.40. The van der Waals surface area contributed by atoms with Gasteiger partial charge in [0.05, 0.1) is 12.2 Å². The normalized spacial score (nSPS) is 23.2. The SMILES string of the molecule is C#C[C@@H]1CC[C@@H](O[Si](c2ccccc2)(c2ccccc2)C(C)(C)C)[C@H](OC)C1. The Morgan fingerprint density at radius 2 is 1.43 bits per heavy atom. The number of hydrogen-bond donors (Lipinski definition) is 0. The Kier molecular flexibility index (Phi) is 6.45. The van der Waals surface area contributed by atoms with Gasteiger partial charge in [0.25, 0.3) is 8.32 Å². The Hall–Kier alpha value is -1.86. The summed E-state index contributed by atoms with van der Waals surface area (Å²) in [5.74, 6) is 3.20. The van der Waals surface area contributed by atoms with Crippen LogP contribution in [0, 0.1) is 18.3 Å². The van der Waals surface area contributed by atoms with E-state index in [1.54, 1.807) is 7.11 Å². The molecule has 2 nitrogen and oxygen atoms in total. The van der Waals surface area contributed by atoms with Crippen LogP contribution in [0.5, 0.6) is 0 Å². The molecule has 0 saturated heterocycles. The van der Waals surface area contributed by atoms with Gasteiger partial charge in [0.1, 0.15) is 0 Å². The van der Waals surface area contributed by atoms with Crippen molar-refractivity contribution in [3.05, 3.63) is 60.7 Å². The molecular formula is C25H32O2Si. The lowest BCUT2D eigenvalue weighted by Gasteiger charge is -2.47. The lowest BCUT2D eigenvalue weighted by molar-refractivity contribution is -0.0356. The van der Waals surface area contributed by atoms with Crippen LogP contribution in [0.15, 0.2) is 60.7 Å². The van der Waals surface area contributed by atoms with Crippen molar-refractivity contribution in [2.45, 2.75) is 57.3 Å². The summed E-state index contributed by atoms with van der Waals surface area (Å²) in [6, 6.07) is 21.6. The first-order valence-corrected chi connectivity index (χ1v) is 12.1. The fraction of sp³-hybridized carbons (Fsp3) is 0.440. The second kappa shape index (κ2) is 8.65. The van der Waals surface area contributed by atoms with E-state index in [-0.39, 0.29) is 23.2 Å². The van der Waals surface area contributed by atoms with E-state index in [2.05, 4.69) is 87.4 Å². The highest BCUT2D eigenvalue weighted by molar-refractivity contribution is 6.99. The summed E-state index contributed by atoms with van der Waals surface area (Å²) in [5.41, 5.74) is 0. The summed E-state index contributed by atoms with van der Waals surface area (Å²) in [6.45, 7) is 6.94. The average molecular weight is 393 g/mol. The lowest BCUT2D eigenvalue weighted by Crippen LogP contribution is -2.68. The highest BCUT2D eigenvalue weighted by atomic mass is 28.4. The second-order valence-electron chi connectivity index (χ2n) is 8.77. The fourth-order valence-electron chi connectivity index (χ4n) is 4.55. The maximum Gasteiger partial charge on any atom is 0.261 e. The number of methoxy groups -OCH3 is 1. The van der Waals surface area contributed by atoms with Gasteiger partial charge in [-0.25, -0.2) is 0 Å². The third kappa shape index (κ3) is 3.96. The van der Waals surface area contributed by atoms with Crippen LogP contribution < -0.4 is 10.4 Å². The van der Waals surface area contributed by atoms with Crippen molar-refractivity contribution in [1.82, 2.24) is 0 Å². The van der Waals surface area contributed by atoms with Crippen LogP contribution in [0.1, 0.15) is 40.0 Å². The third-order valence-corrected chi connectivity index (χ3v) is 11.1. The van der Waals surface area contributed by atoms with Crippen LogP contribution in [0.3, 0.4) is 0 Å². The van der Waals surface area contributed by atoms with Gasteiger partial charge in [-0.05, 0) is 34.7 Å². The fourth-order valence-corrected chi connectivity index (χ4v) is 9.29. The quantitative estimate of drug-likeness (QED) is 0.555. The summed E-state index contributed by atoms with van der Waals surface area (Å²) in [5, 5.41) is 2.59. The first-order valence-electron chi connectivity index (χ1n) is 10.2. The molecule has 0 amide bonds.